The van der Waals surface area contributed by atoms with E-state index in [1.54, 1.807) is 13.8 Å². The summed E-state index contributed by atoms with van der Waals surface area (Å²) in [6.07, 6.45) is -11.6. The number of hydrogen-bond donors (Lipinski definition) is 1. The Bertz CT molecular complexity index is 649. The first-order chi connectivity index (χ1) is 10.7. The predicted molar refractivity (Wildman–Crippen MR) is 74.5 cm³/mol. The molecule has 0 aromatic heterocycles. The number of alkyl halides is 6. The van der Waals surface area contributed by atoms with Crippen molar-refractivity contribution in [3.8, 4) is 0 Å². The molecule has 1 aromatic rings. The van der Waals surface area contributed by atoms with Crippen molar-refractivity contribution < 1.29 is 34.8 Å². The molecule has 0 saturated carbocycles. The van der Waals surface area contributed by atoms with Crippen LogP contribution in [0.5, 0.6) is 0 Å². The fraction of sp³-hybridized carbons (Fsp3) is 0.538. The van der Waals surface area contributed by atoms with Crippen molar-refractivity contribution in [1.29, 1.82) is 0 Å². The Morgan fingerprint density at radius 1 is 0.917 bits per heavy atom. The van der Waals surface area contributed by atoms with Crippen molar-refractivity contribution in [2.45, 2.75) is 36.6 Å². The lowest BCUT2D eigenvalue weighted by atomic mass is 9.89. The van der Waals surface area contributed by atoms with E-state index in [0.717, 1.165) is 4.31 Å². The van der Waals surface area contributed by atoms with Gasteiger partial charge in [0.25, 0.3) is 0 Å². The number of benzene rings is 1. The van der Waals surface area contributed by atoms with E-state index in [1.165, 1.54) is 0 Å². The van der Waals surface area contributed by atoms with Gasteiger partial charge in [-0.05, 0) is 17.7 Å². The number of nitrogens with zero attached hydrogens (tertiary/aromatic N) is 1. The largest absolute Gasteiger partial charge is 0.419 e. The molecule has 0 radical (unpaired) electrons. The van der Waals surface area contributed by atoms with E-state index >= 15 is 0 Å². The molecular weight excluding hydrogens is 362 g/mol. The summed E-state index contributed by atoms with van der Waals surface area (Å²) in [5.74, 6) is 0. The molecular formula is C13H16F6N2O2S. The van der Waals surface area contributed by atoms with Crippen LogP contribution in [0.15, 0.2) is 29.2 Å². The van der Waals surface area contributed by atoms with Gasteiger partial charge in [0, 0.05) is 13.1 Å². The minimum atomic E-state index is -5.80. The molecule has 0 atom stereocenters. The zero-order valence-electron chi connectivity index (χ0n) is 12.7. The molecule has 24 heavy (non-hydrogen) atoms. The van der Waals surface area contributed by atoms with Gasteiger partial charge >= 0.3 is 12.4 Å². The minimum Gasteiger partial charge on any atom is -0.306 e. The highest BCUT2D eigenvalue weighted by Crippen LogP contribution is 2.48. The molecule has 0 heterocycles. The smallest absolute Gasteiger partial charge is 0.306 e. The zero-order chi connectivity index (χ0) is 19.0. The van der Waals surface area contributed by atoms with E-state index in [0.29, 0.717) is 24.3 Å². The molecule has 0 aliphatic carbocycles. The van der Waals surface area contributed by atoms with E-state index in [1.807, 2.05) is 0 Å². The van der Waals surface area contributed by atoms with Crippen molar-refractivity contribution in [1.82, 2.24) is 4.31 Å². The van der Waals surface area contributed by atoms with Gasteiger partial charge in [0.2, 0.25) is 15.6 Å². The van der Waals surface area contributed by atoms with Crippen LogP contribution in [-0.4, -0.2) is 38.2 Å². The van der Waals surface area contributed by atoms with Gasteiger partial charge in [0.05, 0.1) is 4.90 Å². The van der Waals surface area contributed by atoms with E-state index in [2.05, 4.69) is 5.73 Å². The molecule has 2 N–H and O–H groups in total. The first kappa shape index (κ1) is 20.7. The predicted octanol–water partition coefficient (Wildman–Crippen LogP) is 3.00. The van der Waals surface area contributed by atoms with Crippen LogP contribution < -0.4 is 5.73 Å². The molecule has 0 bridgehead atoms. The van der Waals surface area contributed by atoms with E-state index in [4.69, 9.17) is 0 Å². The molecule has 1 aromatic carbocycles. The SMILES string of the molecule is CCN(CC)S(=O)(=O)c1ccc(C(N)(C(F)(F)F)C(F)(F)F)cc1. The second-order valence-electron chi connectivity index (χ2n) is 4.92. The molecule has 138 valence electrons. The number of rotatable bonds is 5. The fourth-order valence-corrected chi connectivity index (χ4v) is 3.55. The summed E-state index contributed by atoms with van der Waals surface area (Å²) in [6.45, 7) is 3.31. The Hall–Kier alpha value is -1.33. The van der Waals surface area contributed by atoms with Crippen LogP contribution in [0.3, 0.4) is 0 Å². The normalized spacial score (nSPS) is 14.2. The lowest BCUT2D eigenvalue weighted by molar-refractivity contribution is -0.301. The second-order valence-corrected chi connectivity index (χ2v) is 6.86. The van der Waals surface area contributed by atoms with Crippen LogP contribution >= 0.6 is 0 Å². The third-order valence-corrected chi connectivity index (χ3v) is 5.61. The lowest BCUT2D eigenvalue weighted by Gasteiger charge is -2.34. The maximum atomic E-state index is 12.9. The van der Waals surface area contributed by atoms with Crippen LogP contribution in [0.25, 0.3) is 0 Å². The van der Waals surface area contributed by atoms with Crippen molar-refractivity contribution in [2.75, 3.05) is 13.1 Å². The van der Waals surface area contributed by atoms with Crippen LogP contribution in [0.2, 0.25) is 0 Å². The first-order valence-electron chi connectivity index (χ1n) is 6.76. The van der Waals surface area contributed by atoms with Gasteiger partial charge in [-0.3, -0.25) is 0 Å². The number of halogens is 6. The summed E-state index contributed by atoms with van der Waals surface area (Å²) in [5.41, 5.74) is -1.24. The summed E-state index contributed by atoms with van der Waals surface area (Å²) >= 11 is 0. The number of nitrogens with two attached hydrogens (primary N) is 1. The Balaban J connectivity index is 3.42. The number of sulfonamides is 1. The summed E-state index contributed by atoms with van der Waals surface area (Å²) in [4.78, 5) is -0.415. The Labute approximate surface area is 135 Å². The molecule has 1 rings (SSSR count). The van der Waals surface area contributed by atoms with Gasteiger partial charge in [-0.15, -0.1) is 0 Å². The van der Waals surface area contributed by atoms with Gasteiger partial charge in [-0.1, -0.05) is 26.0 Å². The average molecular weight is 378 g/mol. The van der Waals surface area contributed by atoms with Crippen LogP contribution in [0.4, 0.5) is 26.3 Å². The van der Waals surface area contributed by atoms with Crippen molar-refractivity contribution in [3.63, 3.8) is 0 Å². The Morgan fingerprint density at radius 3 is 1.58 bits per heavy atom. The molecule has 0 aliphatic rings. The van der Waals surface area contributed by atoms with Gasteiger partial charge in [-0.25, -0.2) is 8.42 Å². The van der Waals surface area contributed by atoms with Crippen LogP contribution in [0, 0.1) is 0 Å². The molecule has 0 amide bonds. The standard InChI is InChI=1S/C13H16F6N2O2S/c1-3-21(4-2)24(22,23)10-7-5-9(6-8-10)11(20,12(14,15)16)13(17,18)19/h5-8H,3-4,20H2,1-2H3. The van der Waals surface area contributed by atoms with Crippen molar-refractivity contribution in [3.05, 3.63) is 29.8 Å². The average Bonchev–Trinajstić information content (AvgIpc) is 2.45. The van der Waals surface area contributed by atoms with Crippen molar-refractivity contribution in [2.24, 2.45) is 5.73 Å². The maximum Gasteiger partial charge on any atom is 0.419 e. The fourth-order valence-electron chi connectivity index (χ4n) is 2.09. The monoisotopic (exact) mass is 378 g/mol. The first-order valence-corrected chi connectivity index (χ1v) is 8.20. The van der Waals surface area contributed by atoms with E-state index < -0.39 is 38.4 Å². The highest BCUT2D eigenvalue weighted by Gasteiger charge is 2.69. The molecule has 4 nitrogen and oxygen atoms in total. The lowest BCUT2D eigenvalue weighted by Crippen LogP contribution is -2.60. The topological polar surface area (TPSA) is 63.4 Å². The van der Waals surface area contributed by atoms with Gasteiger partial charge < -0.3 is 5.73 Å². The van der Waals surface area contributed by atoms with E-state index in [-0.39, 0.29) is 13.1 Å². The third-order valence-electron chi connectivity index (χ3n) is 3.55. The van der Waals surface area contributed by atoms with Crippen LogP contribution in [0.1, 0.15) is 19.4 Å². The quantitative estimate of drug-likeness (QED) is 0.802. The molecule has 0 spiro atoms. The Kier molecular flexibility index (Phi) is 5.63. The number of hydrogen-bond acceptors (Lipinski definition) is 3. The summed E-state index contributed by atoms with van der Waals surface area (Å²) in [5, 5.41) is 0. The minimum absolute atomic E-state index is 0.104. The van der Waals surface area contributed by atoms with Crippen molar-refractivity contribution >= 4 is 10.0 Å². The highest BCUT2D eigenvalue weighted by molar-refractivity contribution is 7.89. The van der Waals surface area contributed by atoms with Gasteiger partial charge in [-0.2, -0.15) is 30.6 Å². The molecule has 0 unspecified atom stereocenters. The van der Waals surface area contributed by atoms with Gasteiger partial charge in [0.15, 0.2) is 0 Å². The summed E-state index contributed by atoms with van der Waals surface area (Å²) < 4.78 is 103. The third kappa shape index (κ3) is 3.38. The molecule has 11 heteroatoms. The summed E-state index contributed by atoms with van der Waals surface area (Å²) in [7, 11) is -4.00. The van der Waals surface area contributed by atoms with Gasteiger partial charge in [0.1, 0.15) is 0 Å². The van der Waals surface area contributed by atoms with E-state index in [9.17, 15) is 34.8 Å². The summed E-state index contributed by atoms with van der Waals surface area (Å²) in [6, 6.07) is 2.22. The molecule has 0 aliphatic heterocycles. The second kappa shape index (κ2) is 6.52. The Morgan fingerprint density at radius 2 is 1.29 bits per heavy atom. The molecule has 0 saturated heterocycles. The highest BCUT2D eigenvalue weighted by atomic mass is 32.2. The molecule has 0 fully saturated rings. The zero-order valence-corrected chi connectivity index (χ0v) is 13.6. The van der Waals surface area contributed by atoms with Crippen LogP contribution in [-0.2, 0) is 15.6 Å². The maximum absolute atomic E-state index is 12.9.